The fourth-order valence-electron chi connectivity index (χ4n) is 4.62. The van der Waals surface area contributed by atoms with Crippen LogP contribution in [0.15, 0.2) is 77.6 Å². The first-order valence-electron chi connectivity index (χ1n) is 12.3. The van der Waals surface area contributed by atoms with Gasteiger partial charge < -0.3 is 28.5 Å². The Morgan fingerprint density at radius 1 is 1.05 bits per heavy atom. The van der Waals surface area contributed by atoms with Gasteiger partial charge in [-0.1, -0.05) is 12.1 Å². The highest BCUT2D eigenvalue weighted by Gasteiger charge is 2.27. The molecule has 0 radical (unpaired) electrons. The number of carbonyl (C=O) groups excluding carboxylic acids is 1. The number of carboxylic acid groups (broad SMARTS) is 1. The molecule has 5 rings (SSSR count). The zero-order valence-corrected chi connectivity index (χ0v) is 22.1. The third-order valence-electron chi connectivity index (χ3n) is 6.52. The number of aryl methyl sites for hydroxylation is 1. The Kier molecular flexibility index (Phi) is 7.24. The van der Waals surface area contributed by atoms with Gasteiger partial charge in [0.25, 0.3) is 0 Å². The largest absolute Gasteiger partial charge is 0.497 e. The summed E-state index contributed by atoms with van der Waals surface area (Å²) in [4.78, 5) is 28.8. The standard InChI is InChI=1S/C30H26FN3O6/c1-33-8-9-34(29(33)32-30(36)37)16-19-13-25(20-4-6-22(31)7-5-20)28-26(14-19)27(35)21(17-40-28)10-18-11-23(38-2)15-24(12-18)39-3/h4-15H,16-17H2,1-3H3,(H,36,37)/b21-10+,32-29?. The number of benzene rings is 3. The van der Waals surface area contributed by atoms with Crippen LogP contribution in [0.2, 0.25) is 0 Å². The number of halogens is 1. The molecule has 9 nitrogen and oxygen atoms in total. The van der Waals surface area contributed by atoms with Crippen molar-refractivity contribution in [2.24, 2.45) is 12.0 Å². The zero-order chi connectivity index (χ0) is 28.4. The Morgan fingerprint density at radius 3 is 2.38 bits per heavy atom. The summed E-state index contributed by atoms with van der Waals surface area (Å²) in [5.41, 5.74) is 3.71. The Bertz CT molecular complexity index is 1690. The van der Waals surface area contributed by atoms with Crippen molar-refractivity contribution in [1.29, 1.82) is 0 Å². The second-order valence-electron chi connectivity index (χ2n) is 9.19. The molecule has 1 aliphatic rings. The fraction of sp³-hybridized carbons (Fsp3) is 0.167. The topological polar surface area (TPSA) is 104 Å². The number of Topliss-reactive ketones (excluding diaryl/α,β-unsaturated/α-hetero) is 1. The number of amides is 1. The number of ketones is 1. The molecule has 0 unspecified atom stereocenters. The summed E-state index contributed by atoms with van der Waals surface area (Å²) in [7, 11) is 4.79. The van der Waals surface area contributed by atoms with Gasteiger partial charge in [-0.25, -0.2) is 9.18 Å². The summed E-state index contributed by atoms with van der Waals surface area (Å²) >= 11 is 0. The average molecular weight is 544 g/mol. The molecule has 204 valence electrons. The van der Waals surface area contributed by atoms with Gasteiger partial charge in [-0.05, 0) is 59.2 Å². The van der Waals surface area contributed by atoms with Crippen molar-refractivity contribution in [2.45, 2.75) is 6.54 Å². The van der Waals surface area contributed by atoms with Gasteiger partial charge in [0.1, 0.15) is 29.7 Å². The Labute approximate surface area is 229 Å². The molecular formula is C30H26FN3O6. The smallest absolute Gasteiger partial charge is 0.434 e. The second-order valence-corrected chi connectivity index (χ2v) is 9.19. The first kappa shape index (κ1) is 26.5. The molecule has 1 aromatic heterocycles. The van der Waals surface area contributed by atoms with E-state index in [9.17, 15) is 19.1 Å². The summed E-state index contributed by atoms with van der Waals surface area (Å²) < 4.78 is 33.8. The number of imidazole rings is 1. The lowest BCUT2D eigenvalue weighted by Crippen LogP contribution is -2.26. The van der Waals surface area contributed by atoms with Gasteiger partial charge in [0.2, 0.25) is 5.62 Å². The molecule has 10 heteroatoms. The van der Waals surface area contributed by atoms with Crippen LogP contribution in [0.4, 0.5) is 9.18 Å². The minimum atomic E-state index is -1.32. The average Bonchev–Trinajstić information content (AvgIpc) is 3.28. The lowest BCUT2D eigenvalue weighted by atomic mass is 9.91. The van der Waals surface area contributed by atoms with Gasteiger partial charge in [-0.15, -0.1) is 4.99 Å². The molecule has 1 N–H and O–H groups in total. The van der Waals surface area contributed by atoms with Crippen molar-refractivity contribution in [3.8, 4) is 28.4 Å². The fourth-order valence-corrected chi connectivity index (χ4v) is 4.62. The van der Waals surface area contributed by atoms with E-state index in [0.717, 1.165) is 0 Å². The SMILES string of the molecule is COc1cc(/C=C2\COc3c(cc(Cn4ccn(C)c4=NC(=O)O)cc3-c3ccc(F)cc3)C2=O)cc(OC)c1. The van der Waals surface area contributed by atoms with E-state index >= 15 is 0 Å². The van der Waals surface area contributed by atoms with E-state index in [1.54, 1.807) is 85.3 Å². The molecule has 0 atom stereocenters. The minimum Gasteiger partial charge on any atom is -0.497 e. The summed E-state index contributed by atoms with van der Waals surface area (Å²) in [5, 5.41) is 9.22. The lowest BCUT2D eigenvalue weighted by Gasteiger charge is -2.23. The van der Waals surface area contributed by atoms with Gasteiger partial charge in [-0.3, -0.25) is 4.79 Å². The van der Waals surface area contributed by atoms with Crippen LogP contribution in [0.5, 0.6) is 17.2 Å². The van der Waals surface area contributed by atoms with Gasteiger partial charge in [0.15, 0.2) is 5.78 Å². The highest BCUT2D eigenvalue weighted by Crippen LogP contribution is 2.39. The van der Waals surface area contributed by atoms with E-state index in [2.05, 4.69) is 4.99 Å². The van der Waals surface area contributed by atoms with Crippen molar-refractivity contribution < 1.29 is 33.3 Å². The van der Waals surface area contributed by atoms with Crippen molar-refractivity contribution in [1.82, 2.24) is 9.13 Å². The number of hydrogen-bond donors (Lipinski definition) is 1. The highest BCUT2D eigenvalue weighted by atomic mass is 19.1. The van der Waals surface area contributed by atoms with Crippen LogP contribution in [-0.2, 0) is 13.6 Å². The number of aromatic nitrogens is 2. The molecular weight excluding hydrogens is 517 g/mol. The molecule has 0 saturated heterocycles. The third-order valence-corrected chi connectivity index (χ3v) is 6.52. The number of ether oxygens (including phenoxy) is 3. The van der Waals surface area contributed by atoms with Crippen LogP contribution in [0.25, 0.3) is 17.2 Å². The van der Waals surface area contributed by atoms with Crippen molar-refractivity contribution in [3.05, 3.63) is 101 Å². The Hall–Kier alpha value is -5.12. The highest BCUT2D eigenvalue weighted by molar-refractivity contribution is 6.15. The van der Waals surface area contributed by atoms with Crippen LogP contribution in [-0.4, -0.2) is 46.9 Å². The van der Waals surface area contributed by atoms with Crippen molar-refractivity contribution in [2.75, 3.05) is 20.8 Å². The molecule has 0 saturated carbocycles. The third kappa shape index (κ3) is 5.37. The number of rotatable bonds is 6. The summed E-state index contributed by atoms with van der Waals surface area (Å²) in [6.45, 7) is 0.266. The molecule has 40 heavy (non-hydrogen) atoms. The number of nitrogens with zero attached hydrogens (tertiary/aromatic N) is 3. The van der Waals surface area contributed by atoms with Crippen molar-refractivity contribution in [3.63, 3.8) is 0 Å². The van der Waals surface area contributed by atoms with Crippen molar-refractivity contribution >= 4 is 18.0 Å². The molecule has 1 aliphatic heterocycles. The van der Waals surface area contributed by atoms with E-state index in [4.69, 9.17) is 14.2 Å². The first-order chi connectivity index (χ1) is 19.2. The summed E-state index contributed by atoms with van der Waals surface area (Å²) in [6, 6.07) is 14.8. The van der Waals surface area contributed by atoms with E-state index in [1.165, 1.54) is 12.1 Å². The number of fused-ring (bicyclic) bond motifs is 1. The summed E-state index contributed by atoms with van der Waals surface area (Å²) in [6.07, 6.45) is 3.81. The second kappa shape index (κ2) is 10.9. The number of carbonyl (C=O) groups is 2. The molecule has 0 bridgehead atoms. The Balaban J connectivity index is 1.62. The van der Waals surface area contributed by atoms with Gasteiger partial charge >= 0.3 is 6.09 Å². The van der Waals surface area contributed by atoms with E-state index in [-0.39, 0.29) is 30.4 Å². The quantitative estimate of drug-likeness (QED) is 0.346. The lowest BCUT2D eigenvalue weighted by molar-refractivity contribution is 0.100. The summed E-state index contributed by atoms with van der Waals surface area (Å²) in [5.74, 6) is 0.957. The van der Waals surface area contributed by atoms with Crippen LogP contribution in [0, 0.1) is 5.82 Å². The van der Waals surface area contributed by atoms with Gasteiger partial charge in [-0.2, -0.15) is 0 Å². The van der Waals surface area contributed by atoms with Crippen LogP contribution in [0.3, 0.4) is 0 Å². The van der Waals surface area contributed by atoms with Gasteiger partial charge in [0, 0.05) is 36.6 Å². The van der Waals surface area contributed by atoms with Crippen LogP contribution in [0.1, 0.15) is 21.5 Å². The monoisotopic (exact) mass is 543 g/mol. The van der Waals surface area contributed by atoms with E-state index in [0.29, 0.717) is 50.6 Å². The minimum absolute atomic E-state index is 0.0357. The molecule has 3 aromatic carbocycles. The zero-order valence-electron chi connectivity index (χ0n) is 22.1. The van der Waals surface area contributed by atoms with E-state index < -0.39 is 6.09 Å². The molecule has 2 heterocycles. The predicted molar refractivity (Wildman–Crippen MR) is 145 cm³/mol. The normalized spacial score (nSPS) is 14.2. The first-order valence-corrected chi connectivity index (χ1v) is 12.3. The maximum Gasteiger partial charge on any atom is 0.434 e. The molecule has 0 spiro atoms. The number of hydrogen-bond acceptors (Lipinski definition) is 5. The molecule has 4 aromatic rings. The maximum atomic E-state index is 13.8. The van der Waals surface area contributed by atoms with Gasteiger partial charge in [0.05, 0.1) is 26.3 Å². The molecule has 0 fully saturated rings. The van der Waals surface area contributed by atoms with E-state index in [1.807, 2.05) is 6.07 Å². The maximum absolute atomic E-state index is 13.8. The Morgan fingerprint density at radius 2 is 1.73 bits per heavy atom. The number of methoxy groups -OCH3 is 2. The molecule has 0 aliphatic carbocycles. The molecule has 1 amide bonds. The van der Waals surface area contributed by atoms with Crippen LogP contribution >= 0.6 is 0 Å². The predicted octanol–water partition coefficient (Wildman–Crippen LogP) is 4.94. The van der Waals surface area contributed by atoms with Crippen LogP contribution < -0.4 is 19.8 Å².